The van der Waals surface area contributed by atoms with E-state index in [0.717, 1.165) is 5.69 Å². The van der Waals surface area contributed by atoms with E-state index < -0.39 is 0 Å². The van der Waals surface area contributed by atoms with E-state index in [0.29, 0.717) is 37.2 Å². The third kappa shape index (κ3) is 3.41. The third-order valence-corrected chi connectivity index (χ3v) is 4.59. The van der Waals surface area contributed by atoms with Crippen LogP contribution in [0, 0.1) is 12.8 Å². The van der Waals surface area contributed by atoms with E-state index in [9.17, 15) is 4.79 Å². The fourth-order valence-corrected chi connectivity index (χ4v) is 3.18. The maximum atomic E-state index is 12.7. The largest absolute Gasteiger partial charge is 0.336 e. The highest BCUT2D eigenvalue weighted by Gasteiger charge is 2.36. The summed E-state index contributed by atoms with van der Waals surface area (Å²) in [5, 5.41) is 4.30. The smallest absolute Gasteiger partial charge is 0.274 e. The quantitative estimate of drug-likeness (QED) is 0.933. The number of carbonyl (C=O) groups excluding carboxylic acids is 1. The number of rotatable bonds is 3. The fraction of sp³-hybridized carbons (Fsp3) is 0.412. The minimum Gasteiger partial charge on any atom is -0.336 e. The number of nitrogens with two attached hydrogens (primary N) is 1. The Bertz CT molecular complexity index is 651. The van der Waals surface area contributed by atoms with Crippen molar-refractivity contribution >= 4 is 18.3 Å². The highest BCUT2D eigenvalue weighted by Crippen LogP contribution is 2.32. The van der Waals surface area contributed by atoms with Gasteiger partial charge in [-0.1, -0.05) is 30.3 Å². The zero-order valence-electron chi connectivity index (χ0n) is 13.5. The van der Waals surface area contributed by atoms with Crippen LogP contribution in [0.5, 0.6) is 0 Å². The Labute approximate surface area is 142 Å². The number of hydrogen-bond acceptors (Lipinski definition) is 3. The van der Waals surface area contributed by atoms with Crippen molar-refractivity contribution in [3.63, 3.8) is 0 Å². The van der Waals surface area contributed by atoms with Crippen molar-refractivity contribution in [1.82, 2.24) is 14.7 Å². The van der Waals surface area contributed by atoms with Gasteiger partial charge < -0.3 is 10.6 Å². The van der Waals surface area contributed by atoms with Gasteiger partial charge in [-0.05, 0) is 31.0 Å². The molecule has 1 saturated heterocycles. The second kappa shape index (κ2) is 7.15. The van der Waals surface area contributed by atoms with Crippen LogP contribution in [0.4, 0.5) is 0 Å². The van der Waals surface area contributed by atoms with Gasteiger partial charge in [0, 0.05) is 31.7 Å². The van der Waals surface area contributed by atoms with Gasteiger partial charge in [0.15, 0.2) is 5.69 Å². The molecule has 2 N–H and O–H groups in total. The number of halogens is 1. The Morgan fingerprint density at radius 2 is 2.00 bits per heavy atom. The molecule has 0 radical (unpaired) electrons. The Kier molecular flexibility index (Phi) is 5.44. The summed E-state index contributed by atoms with van der Waals surface area (Å²) in [5.41, 5.74) is 8.69. The van der Waals surface area contributed by atoms with Crippen LogP contribution in [0.3, 0.4) is 0 Å². The molecule has 3 rings (SSSR count). The molecule has 2 atom stereocenters. The van der Waals surface area contributed by atoms with E-state index in [1.165, 1.54) is 5.56 Å². The van der Waals surface area contributed by atoms with E-state index in [2.05, 4.69) is 17.2 Å². The molecule has 1 aliphatic rings. The van der Waals surface area contributed by atoms with Gasteiger partial charge in [-0.2, -0.15) is 5.10 Å². The predicted molar refractivity (Wildman–Crippen MR) is 92.8 cm³/mol. The van der Waals surface area contributed by atoms with Gasteiger partial charge in [-0.25, -0.2) is 0 Å². The summed E-state index contributed by atoms with van der Waals surface area (Å²) in [5.74, 6) is 0.608. The second-order valence-corrected chi connectivity index (χ2v) is 6.02. The molecule has 0 spiro atoms. The zero-order chi connectivity index (χ0) is 15.7. The standard InChI is InChI=1S/C17H22N4O.ClH/c1-12-8-16(19-20(12)2)17(22)21-10-14(9-18)15(11-21)13-6-4-3-5-7-13;/h3-8,14-15H,9-11,18H2,1-2H3;1H/t14-,15+;/m1./s1. The van der Waals surface area contributed by atoms with Gasteiger partial charge in [-0.15, -0.1) is 12.4 Å². The molecule has 2 heterocycles. The van der Waals surface area contributed by atoms with Gasteiger partial charge >= 0.3 is 0 Å². The minimum absolute atomic E-state index is 0. The lowest BCUT2D eigenvalue weighted by molar-refractivity contribution is 0.0780. The molecule has 124 valence electrons. The Hall–Kier alpha value is -1.85. The summed E-state index contributed by atoms with van der Waals surface area (Å²) in [6.07, 6.45) is 0. The third-order valence-electron chi connectivity index (χ3n) is 4.59. The molecule has 1 aliphatic heterocycles. The van der Waals surface area contributed by atoms with Gasteiger partial charge in [0.2, 0.25) is 0 Å². The van der Waals surface area contributed by atoms with E-state index in [4.69, 9.17) is 5.73 Å². The fourth-order valence-electron chi connectivity index (χ4n) is 3.18. The first kappa shape index (κ1) is 17.5. The molecule has 2 aromatic rings. The monoisotopic (exact) mass is 334 g/mol. The molecule has 23 heavy (non-hydrogen) atoms. The average Bonchev–Trinajstić information content (AvgIpc) is 3.11. The van der Waals surface area contributed by atoms with Crippen LogP contribution in [0.2, 0.25) is 0 Å². The first-order valence-corrected chi connectivity index (χ1v) is 7.65. The van der Waals surface area contributed by atoms with E-state index >= 15 is 0 Å². The van der Waals surface area contributed by atoms with Crippen molar-refractivity contribution in [2.24, 2.45) is 18.7 Å². The van der Waals surface area contributed by atoms with Crippen LogP contribution in [0.1, 0.15) is 27.7 Å². The first-order valence-electron chi connectivity index (χ1n) is 7.65. The first-order chi connectivity index (χ1) is 10.6. The number of likely N-dealkylation sites (tertiary alicyclic amines) is 1. The Morgan fingerprint density at radius 1 is 1.30 bits per heavy atom. The highest BCUT2D eigenvalue weighted by atomic mass is 35.5. The van der Waals surface area contributed by atoms with Crippen LogP contribution in [-0.4, -0.2) is 40.2 Å². The van der Waals surface area contributed by atoms with Crippen molar-refractivity contribution in [3.8, 4) is 0 Å². The maximum Gasteiger partial charge on any atom is 0.274 e. The normalized spacial score (nSPS) is 20.4. The summed E-state index contributed by atoms with van der Waals surface area (Å²) in [4.78, 5) is 14.5. The molecule has 0 bridgehead atoms. The van der Waals surface area contributed by atoms with Gasteiger partial charge in [0.25, 0.3) is 5.91 Å². The van der Waals surface area contributed by atoms with Crippen LogP contribution < -0.4 is 5.73 Å². The van der Waals surface area contributed by atoms with Crippen molar-refractivity contribution in [3.05, 3.63) is 53.3 Å². The SMILES string of the molecule is Cc1cc(C(=O)N2C[C@@H](CN)[C@H](c3ccccc3)C2)nn1C.Cl. The summed E-state index contributed by atoms with van der Waals surface area (Å²) < 4.78 is 1.73. The lowest BCUT2D eigenvalue weighted by atomic mass is 9.89. The second-order valence-electron chi connectivity index (χ2n) is 6.02. The van der Waals surface area contributed by atoms with E-state index in [1.54, 1.807) is 4.68 Å². The van der Waals surface area contributed by atoms with Crippen LogP contribution >= 0.6 is 12.4 Å². The average molecular weight is 335 g/mol. The van der Waals surface area contributed by atoms with Gasteiger partial charge in [0.1, 0.15) is 0 Å². The zero-order valence-corrected chi connectivity index (χ0v) is 14.3. The van der Waals surface area contributed by atoms with Crippen molar-refractivity contribution in [1.29, 1.82) is 0 Å². The number of hydrogen-bond donors (Lipinski definition) is 1. The number of aromatic nitrogens is 2. The molecule has 0 aliphatic carbocycles. The van der Waals surface area contributed by atoms with E-state index in [-0.39, 0.29) is 18.3 Å². The van der Waals surface area contributed by atoms with Crippen molar-refractivity contribution < 1.29 is 4.79 Å². The number of benzene rings is 1. The molecule has 5 nitrogen and oxygen atoms in total. The van der Waals surface area contributed by atoms with E-state index in [1.807, 2.05) is 43.1 Å². The number of amides is 1. The molecule has 1 aromatic carbocycles. The van der Waals surface area contributed by atoms with Crippen molar-refractivity contribution in [2.45, 2.75) is 12.8 Å². The molecule has 6 heteroatoms. The maximum absolute atomic E-state index is 12.7. The molecule has 0 saturated carbocycles. The lowest BCUT2D eigenvalue weighted by Gasteiger charge is -2.16. The Balaban J connectivity index is 0.00000192. The van der Waals surface area contributed by atoms with Crippen molar-refractivity contribution in [2.75, 3.05) is 19.6 Å². The predicted octanol–water partition coefficient (Wildman–Crippen LogP) is 1.96. The molecule has 0 unspecified atom stereocenters. The topological polar surface area (TPSA) is 64.2 Å². The molecule has 1 fully saturated rings. The summed E-state index contributed by atoms with van der Waals surface area (Å²) >= 11 is 0. The molecule has 1 amide bonds. The van der Waals surface area contributed by atoms with Crippen LogP contribution in [-0.2, 0) is 7.05 Å². The lowest BCUT2D eigenvalue weighted by Crippen LogP contribution is -2.30. The minimum atomic E-state index is 0. The summed E-state index contributed by atoms with van der Waals surface area (Å²) in [7, 11) is 1.85. The molecular formula is C17H23ClN4O. The number of nitrogens with zero attached hydrogens (tertiary/aromatic N) is 3. The summed E-state index contributed by atoms with van der Waals surface area (Å²) in [6, 6.07) is 12.2. The van der Waals surface area contributed by atoms with Crippen LogP contribution in [0.25, 0.3) is 0 Å². The van der Waals surface area contributed by atoms with Crippen LogP contribution in [0.15, 0.2) is 36.4 Å². The molecular weight excluding hydrogens is 312 g/mol. The molecule has 1 aromatic heterocycles. The van der Waals surface area contributed by atoms with Gasteiger partial charge in [-0.3, -0.25) is 9.48 Å². The highest BCUT2D eigenvalue weighted by molar-refractivity contribution is 5.92. The summed E-state index contributed by atoms with van der Waals surface area (Å²) in [6.45, 7) is 3.94. The number of aryl methyl sites for hydroxylation is 2. The number of carbonyl (C=O) groups is 1. The Morgan fingerprint density at radius 3 is 2.57 bits per heavy atom. The van der Waals surface area contributed by atoms with Gasteiger partial charge in [0.05, 0.1) is 0 Å².